The summed E-state index contributed by atoms with van der Waals surface area (Å²) in [5, 5.41) is 19.8. The van der Waals surface area contributed by atoms with Crippen molar-refractivity contribution in [3.63, 3.8) is 0 Å². The summed E-state index contributed by atoms with van der Waals surface area (Å²) in [6, 6.07) is 0. The van der Waals surface area contributed by atoms with Crippen LogP contribution in [-0.2, 0) is 9.59 Å². The SMILES string of the molecule is CC(CO)C1=C2C/C=C(/C=O)[C@H]3C(=O)[C@H](O)[C@H](C)[C@@H]3C[C@@]2(C)CC1. The summed E-state index contributed by atoms with van der Waals surface area (Å²) in [4.78, 5) is 24.1. The molecule has 3 rings (SSSR count). The fraction of sp³-hybridized carbons (Fsp3) is 0.700. The number of aldehydes is 1. The van der Waals surface area contributed by atoms with Gasteiger partial charge in [-0.3, -0.25) is 9.59 Å². The molecule has 1 fully saturated rings. The van der Waals surface area contributed by atoms with E-state index in [-0.39, 0.29) is 35.6 Å². The summed E-state index contributed by atoms with van der Waals surface area (Å²) in [5.74, 6) is -0.623. The molecule has 0 radical (unpaired) electrons. The first-order valence-corrected chi connectivity index (χ1v) is 9.04. The normalized spacial score (nSPS) is 42.7. The molecule has 0 heterocycles. The number of ketones is 1. The third kappa shape index (κ3) is 2.51. The first-order chi connectivity index (χ1) is 11.3. The quantitative estimate of drug-likeness (QED) is 0.615. The lowest BCUT2D eigenvalue weighted by molar-refractivity contribution is -0.128. The maximum atomic E-state index is 12.5. The van der Waals surface area contributed by atoms with Gasteiger partial charge in [0.15, 0.2) is 5.78 Å². The Labute approximate surface area is 143 Å². The molecule has 6 atom stereocenters. The molecule has 0 spiro atoms. The summed E-state index contributed by atoms with van der Waals surface area (Å²) < 4.78 is 0. The average molecular weight is 332 g/mol. The number of aliphatic hydroxyl groups is 2. The molecule has 0 saturated heterocycles. The minimum atomic E-state index is -0.963. The van der Waals surface area contributed by atoms with Crippen LogP contribution in [0.1, 0.15) is 46.5 Å². The van der Waals surface area contributed by atoms with Crippen molar-refractivity contribution in [2.24, 2.45) is 29.1 Å². The van der Waals surface area contributed by atoms with Crippen molar-refractivity contribution in [2.75, 3.05) is 6.61 Å². The molecule has 4 nitrogen and oxygen atoms in total. The van der Waals surface area contributed by atoms with Gasteiger partial charge in [0.05, 0.1) is 5.92 Å². The van der Waals surface area contributed by atoms with Crippen molar-refractivity contribution in [1.82, 2.24) is 0 Å². The second-order valence-electron chi connectivity index (χ2n) is 8.23. The number of aliphatic hydroxyl groups excluding tert-OH is 2. The Hall–Kier alpha value is -1.26. The van der Waals surface area contributed by atoms with E-state index in [1.807, 2.05) is 19.9 Å². The van der Waals surface area contributed by atoms with Gasteiger partial charge < -0.3 is 10.2 Å². The van der Waals surface area contributed by atoms with E-state index in [4.69, 9.17) is 0 Å². The average Bonchev–Trinajstić information content (AvgIpc) is 2.97. The summed E-state index contributed by atoms with van der Waals surface area (Å²) in [5.41, 5.74) is 3.18. The Morgan fingerprint density at radius 1 is 1.46 bits per heavy atom. The van der Waals surface area contributed by atoms with E-state index >= 15 is 0 Å². The minimum Gasteiger partial charge on any atom is -0.396 e. The summed E-state index contributed by atoms with van der Waals surface area (Å²) in [6.07, 6.45) is 5.22. The summed E-state index contributed by atoms with van der Waals surface area (Å²) in [7, 11) is 0. The molecule has 0 aromatic heterocycles. The lowest BCUT2D eigenvalue weighted by Crippen LogP contribution is -2.30. The van der Waals surface area contributed by atoms with Gasteiger partial charge in [-0.15, -0.1) is 0 Å². The topological polar surface area (TPSA) is 74.6 Å². The van der Waals surface area contributed by atoms with Gasteiger partial charge in [-0.1, -0.05) is 38.0 Å². The van der Waals surface area contributed by atoms with Crippen molar-refractivity contribution >= 4 is 12.1 Å². The van der Waals surface area contributed by atoms with Crippen LogP contribution in [0.15, 0.2) is 22.8 Å². The molecular formula is C20H28O4. The van der Waals surface area contributed by atoms with Gasteiger partial charge >= 0.3 is 0 Å². The maximum Gasteiger partial charge on any atom is 0.169 e. The van der Waals surface area contributed by atoms with Crippen LogP contribution >= 0.6 is 0 Å². The van der Waals surface area contributed by atoms with Crippen molar-refractivity contribution in [3.05, 3.63) is 22.8 Å². The van der Waals surface area contributed by atoms with Crippen LogP contribution in [0.25, 0.3) is 0 Å². The van der Waals surface area contributed by atoms with Gasteiger partial charge in [-0.25, -0.2) is 0 Å². The second-order valence-corrected chi connectivity index (χ2v) is 8.23. The van der Waals surface area contributed by atoms with E-state index < -0.39 is 12.0 Å². The van der Waals surface area contributed by atoms with Crippen molar-refractivity contribution in [3.8, 4) is 0 Å². The molecule has 1 unspecified atom stereocenters. The highest BCUT2D eigenvalue weighted by Gasteiger charge is 2.52. The lowest BCUT2D eigenvalue weighted by atomic mass is 9.67. The molecule has 132 valence electrons. The number of hydrogen-bond donors (Lipinski definition) is 2. The van der Waals surface area contributed by atoms with E-state index in [1.54, 1.807) is 0 Å². The molecule has 4 heteroatoms. The largest absolute Gasteiger partial charge is 0.396 e. The fourth-order valence-corrected chi connectivity index (χ4v) is 5.25. The zero-order valence-electron chi connectivity index (χ0n) is 14.8. The smallest absolute Gasteiger partial charge is 0.169 e. The Morgan fingerprint density at radius 2 is 2.17 bits per heavy atom. The number of Topliss-reactive ketones (excluding diaryl/α,β-unsaturated/α-hetero) is 1. The highest BCUT2D eigenvalue weighted by atomic mass is 16.3. The van der Waals surface area contributed by atoms with Crippen LogP contribution in [0.3, 0.4) is 0 Å². The monoisotopic (exact) mass is 332 g/mol. The highest BCUT2D eigenvalue weighted by molar-refractivity contribution is 5.96. The van der Waals surface area contributed by atoms with Gasteiger partial charge in [0.25, 0.3) is 0 Å². The molecular weight excluding hydrogens is 304 g/mol. The molecule has 0 aromatic rings. The maximum absolute atomic E-state index is 12.5. The van der Waals surface area contributed by atoms with Gasteiger partial charge in [0, 0.05) is 12.5 Å². The number of fused-ring (bicyclic) bond motifs is 2. The lowest BCUT2D eigenvalue weighted by Gasteiger charge is -2.36. The van der Waals surface area contributed by atoms with Crippen LogP contribution < -0.4 is 0 Å². The minimum absolute atomic E-state index is 0.00744. The van der Waals surface area contributed by atoms with E-state index in [2.05, 4.69) is 6.92 Å². The van der Waals surface area contributed by atoms with Gasteiger partial charge in [0.1, 0.15) is 12.4 Å². The highest BCUT2D eigenvalue weighted by Crippen LogP contribution is 2.55. The zero-order chi connectivity index (χ0) is 17.6. The molecule has 2 N–H and O–H groups in total. The number of rotatable bonds is 3. The fourth-order valence-electron chi connectivity index (χ4n) is 5.25. The Morgan fingerprint density at radius 3 is 2.79 bits per heavy atom. The predicted molar refractivity (Wildman–Crippen MR) is 91.2 cm³/mol. The molecule has 0 aromatic carbocycles. The molecule has 24 heavy (non-hydrogen) atoms. The molecule has 3 aliphatic carbocycles. The van der Waals surface area contributed by atoms with Crippen molar-refractivity contribution in [1.29, 1.82) is 0 Å². The molecule has 3 aliphatic rings. The van der Waals surface area contributed by atoms with Gasteiger partial charge in [-0.05, 0) is 48.5 Å². The second kappa shape index (κ2) is 6.23. The van der Waals surface area contributed by atoms with Crippen molar-refractivity contribution < 1.29 is 19.8 Å². The molecule has 0 bridgehead atoms. The van der Waals surface area contributed by atoms with Crippen LogP contribution in [0, 0.1) is 29.1 Å². The van der Waals surface area contributed by atoms with E-state index in [0.29, 0.717) is 12.0 Å². The Balaban J connectivity index is 2.08. The first-order valence-electron chi connectivity index (χ1n) is 9.04. The predicted octanol–water partition coefficient (Wildman–Crippen LogP) is 2.44. The Kier molecular flexibility index (Phi) is 4.56. The number of carbonyl (C=O) groups is 2. The third-order valence-corrected chi connectivity index (χ3v) is 6.85. The first kappa shape index (κ1) is 17.6. The van der Waals surface area contributed by atoms with E-state index in [1.165, 1.54) is 11.1 Å². The van der Waals surface area contributed by atoms with Crippen LogP contribution in [-0.4, -0.2) is 35.0 Å². The van der Waals surface area contributed by atoms with Gasteiger partial charge in [0.2, 0.25) is 0 Å². The van der Waals surface area contributed by atoms with Crippen LogP contribution in [0.5, 0.6) is 0 Å². The number of carbonyl (C=O) groups excluding carboxylic acids is 2. The molecule has 0 amide bonds. The van der Waals surface area contributed by atoms with Crippen LogP contribution in [0.2, 0.25) is 0 Å². The van der Waals surface area contributed by atoms with E-state index in [0.717, 1.165) is 25.5 Å². The Bertz CT molecular complexity index is 617. The summed E-state index contributed by atoms with van der Waals surface area (Å²) in [6.45, 7) is 6.36. The van der Waals surface area contributed by atoms with Gasteiger partial charge in [-0.2, -0.15) is 0 Å². The summed E-state index contributed by atoms with van der Waals surface area (Å²) >= 11 is 0. The van der Waals surface area contributed by atoms with E-state index in [9.17, 15) is 19.8 Å². The molecule has 1 saturated carbocycles. The number of allylic oxidation sites excluding steroid dienone is 3. The van der Waals surface area contributed by atoms with Crippen LogP contribution in [0.4, 0.5) is 0 Å². The standard InChI is InChI=1S/C20H28O4/c1-11(9-21)14-6-7-20(3)8-15-12(2)18(23)19(24)17(15)13(10-22)4-5-16(14)20/h4,10-12,15,17-18,21,23H,5-9H2,1-3H3/b13-4-/t11?,12-,15+,17-,18-,20-/m1/s1. The molecule has 0 aliphatic heterocycles. The van der Waals surface area contributed by atoms with Crippen molar-refractivity contribution in [2.45, 2.75) is 52.6 Å². The third-order valence-electron chi connectivity index (χ3n) is 6.85. The number of hydrogen-bond acceptors (Lipinski definition) is 4. The zero-order valence-corrected chi connectivity index (χ0v) is 14.8.